The first-order valence-corrected chi connectivity index (χ1v) is 7.35. The Morgan fingerprint density at radius 3 is 2.42 bits per heavy atom. The second kappa shape index (κ2) is 4.36. The molecule has 0 unspecified atom stereocenters. The van der Waals surface area contributed by atoms with E-state index in [0.717, 1.165) is 16.9 Å². The zero-order chi connectivity index (χ0) is 13.5. The predicted molar refractivity (Wildman–Crippen MR) is 71.6 cm³/mol. The third-order valence-corrected chi connectivity index (χ3v) is 4.74. The lowest BCUT2D eigenvalue weighted by Gasteiger charge is -2.11. The molecule has 1 aliphatic rings. The summed E-state index contributed by atoms with van der Waals surface area (Å²) in [6.45, 7) is 0. The molecule has 0 amide bonds. The summed E-state index contributed by atoms with van der Waals surface area (Å²) in [5.74, 6) is 0.748. The molecular formula is C14H13NO3S. The molecule has 0 fully saturated rings. The fraction of sp³-hybridized carbons (Fsp3) is 0.143. The Morgan fingerprint density at radius 1 is 1.05 bits per heavy atom. The number of fused-ring (bicyclic) bond motifs is 1. The summed E-state index contributed by atoms with van der Waals surface area (Å²) in [6, 6.07) is 14.1. The Bertz CT molecular complexity index is 708. The molecule has 1 heterocycles. The van der Waals surface area contributed by atoms with Gasteiger partial charge < -0.3 is 4.74 Å². The minimum absolute atomic E-state index is 0.327. The first kappa shape index (κ1) is 12.2. The molecule has 3 rings (SSSR count). The van der Waals surface area contributed by atoms with Gasteiger partial charge in [0.05, 0.1) is 18.0 Å². The molecule has 0 saturated carbocycles. The van der Waals surface area contributed by atoms with Gasteiger partial charge in [0, 0.05) is 0 Å². The van der Waals surface area contributed by atoms with Crippen molar-refractivity contribution >= 4 is 10.0 Å². The van der Waals surface area contributed by atoms with E-state index in [1.807, 2.05) is 36.4 Å². The lowest BCUT2D eigenvalue weighted by Crippen LogP contribution is -2.20. The molecule has 19 heavy (non-hydrogen) atoms. The molecule has 0 radical (unpaired) electrons. The van der Waals surface area contributed by atoms with Crippen LogP contribution < -0.4 is 9.46 Å². The monoisotopic (exact) mass is 275 g/mol. The first-order valence-electron chi connectivity index (χ1n) is 5.87. The molecule has 0 spiro atoms. The van der Waals surface area contributed by atoms with E-state index in [9.17, 15) is 8.42 Å². The predicted octanol–water partition coefficient (Wildman–Crippen LogP) is 2.08. The van der Waals surface area contributed by atoms with Crippen LogP contribution in [0.2, 0.25) is 0 Å². The van der Waals surface area contributed by atoms with Crippen LogP contribution in [-0.4, -0.2) is 15.5 Å². The molecule has 98 valence electrons. The van der Waals surface area contributed by atoms with Crippen LogP contribution >= 0.6 is 0 Å². The third-order valence-electron chi connectivity index (χ3n) is 3.24. The van der Waals surface area contributed by atoms with Crippen molar-refractivity contribution in [3.8, 4) is 5.75 Å². The molecule has 5 heteroatoms. The smallest absolute Gasteiger partial charge is 0.241 e. The zero-order valence-electron chi connectivity index (χ0n) is 10.3. The molecule has 2 aromatic rings. The van der Waals surface area contributed by atoms with Crippen LogP contribution in [0.4, 0.5) is 0 Å². The zero-order valence-corrected chi connectivity index (χ0v) is 11.1. The van der Waals surface area contributed by atoms with E-state index in [4.69, 9.17) is 4.74 Å². The number of methoxy groups -OCH3 is 1. The van der Waals surface area contributed by atoms with Gasteiger partial charge in [-0.1, -0.05) is 30.3 Å². The van der Waals surface area contributed by atoms with Gasteiger partial charge in [0.1, 0.15) is 5.75 Å². The SMILES string of the molecule is COc1ccc([C@H]2NS(=O)(=O)c3ccccc32)cc1. The number of benzene rings is 2. The minimum Gasteiger partial charge on any atom is -0.497 e. The summed E-state index contributed by atoms with van der Waals surface area (Å²) in [7, 11) is -1.80. The van der Waals surface area contributed by atoms with Gasteiger partial charge in [-0.25, -0.2) is 8.42 Å². The molecule has 2 aromatic carbocycles. The largest absolute Gasteiger partial charge is 0.497 e. The Labute approximate surface area is 112 Å². The fourth-order valence-electron chi connectivity index (χ4n) is 2.29. The molecule has 1 atom stereocenters. The van der Waals surface area contributed by atoms with E-state index >= 15 is 0 Å². The second-order valence-electron chi connectivity index (χ2n) is 4.37. The fourth-order valence-corrected chi connectivity index (χ4v) is 3.74. The molecular weight excluding hydrogens is 262 g/mol. The highest BCUT2D eigenvalue weighted by Crippen LogP contribution is 2.35. The van der Waals surface area contributed by atoms with Gasteiger partial charge in [-0.3, -0.25) is 0 Å². The number of nitrogens with one attached hydrogen (secondary N) is 1. The van der Waals surface area contributed by atoms with Gasteiger partial charge in [0.15, 0.2) is 0 Å². The summed E-state index contributed by atoms with van der Waals surface area (Å²) < 4.78 is 31.8. The van der Waals surface area contributed by atoms with Crippen LogP contribution in [0.25, 0.3) is 0 Å². The van der Waals surface area contributed by atoms with Gasteiger partial charge in [-0.15, -0.1) is 0 Å². The molecule has 0 bridgehead atoms. The Hall–Kier alpha value is -1.85. The Morgan fingerprint density at radius 2 is 1.74 bits per heavy atom. The maximum absolute atomic E-state index is 12.0. The molecule has 4 nitrogen and oxygen atoms in total. The van der Waals surface area contributed by atoms with Crippen LogP contribution in [0.5, 0.6) is 5.75 Å². The van der Waals surface area contributed by atoms with Gasteiger partial charge in [-0.05, 0) is 29.3 Å². The van der Waals surface area contributed by atoms with E-state index in [2.05, 4.69) is 4.72 Å². The Kier molecular flexibility index (Phi) is 2.80. The van der Waals surface area contributed by atoms with Gasteiger partial charge in [0.2, 0.25) is 10.0 Å². The average molecular weight is 275 g/mol. The van der Waals surface area contributed by atoms with Crippen molar-refractivity contribution in [3.05, 3.63) is 59.7 Å². The summed E-state index contributed by atoms with van der Waals surface area (Å²) >= 11 is 0. The number of ether oxygens (including phenoxy) is 1. The Balaban J connectivity index is 2.08. The van der Waals surface area contributed by atoms with Crippen LogP contribution in [0.1, 0.15) is 17.2 Å². The van der Waals surface area contributed by atoms with Gasteiger partial charge in [-0.2, -0.15) is 4.72 Å². The van der Waals surface area contributed by atoms with E-state index in [1.165, 1.54) is 0 Å². The lowest BCUT2D eigenvalue weighted by molar-refractivity contribution is 0.414. The maximum atomic E-state index is 12.0. The van der Waals surface area contributed by atoms with Crippen LogP contribution in [0, 0.1) is 0 Å². The maximum Gasteiger partial charge on any atom is 0.241 e. The van der Waals surface area contributed by atoms with Crippen LogP contribution in [0.15, 0.2) is 53.4 Å². The summed E-state index contributed by atoms with van der Waals surface area (Å²) in [6.07, 6.45) is 0. The standard InChI is InChI=1S/C14H13NO3S/c1-18-11-8-6-10(7-9-11)14-12-4-2-3-5-13(12)19(16,17)15-14/h2-9,14-15H,1H3/t14-/m1/s1. The van der Waals surface area contributed by atoms with Crippen molar-refractivity contribution in [1.82, 2.24) is 4.72 Å². The molecule has 0 saturated heterocycles. The molecule has 0 aliphatic carbocycles. The lowest BCUT2D eigenvalue weighted by atomic mass is 10.00. The summed E-state index contributed by atoms with van der Waals surface area (Å²) in [4.78, 5) is 0.357. The van der Waals surface area contributed by atoms with Crippen LogP contribution in [-0.2, 0) is 10.0 Å². The number of rotatable bonds is 2. The van der Waals surface area contributed by atoms with E-state index in [-0.39, 0.29) is 6.04 Å². The highest BCUT2D eigenvalue weighted by molar-refractivity contribution is 7.89. The quantitative estimate of drug-likeness (QED) is 0.913. The normalized spacial score (nSPS) is 19.9. The number of sulfonamides is 1. The van der Waals surface area contributed by atoms with E-state index in [1.54, 1.807) is 19.2 Å². The molecule has 1 aliphatic heterocycles. The highest BCUT2D eigenvalue weighted by Gasteiger charge is 2.34. The summed E-state index contributed by atoms with van der Waals surface area (Å²) in [5.41, 5.74) is 1.68. The minimum atomic E-state index is -3.40. The molecule has 1 N–H and O–H groups in total. The molecule has 0 aromatic heterocycles. The van der Waals surface area contributed by atoms with Crippen molar-refractivity contribution in [2.24, 2.45) is 0 Å². The topological polar surface area (TPSA) is 55.4 Å². The first-order chi connectivity index (χ1) is 9.12. The van der Waals surface area contributed by atoms with E-state index < -0.39 is 10.0 Å². The van der Waals surface area contributed by atoms with Crippen molar-refractivity contribution in [2.45, 2.75) is 10.9 Å². The van der Waals surface area contributed by atoms with Crippen molar-refractivity contribution in [3.63, 3.8) is 0 Å². The van der Waals surface area contributed by atoms with E-state index in [0.29, 0.717) is 4.90 Å². The summed E-state index contributed by atoms with van der Waals surface area (Å²) in [5, 5.41) is 0. The second-order valence-corrected chi connectivity index (χ2v) is 6.05. The average Bonchev–Trinajstić information content (AvgIpc) is 2.72. The van der Waals surface area contributed by atoms with Gasteiger partial charge >= 0.3 is 0 Å². The number of hydrogen-bond acceptors (Lipinski definition) is 3. The van der Waals surface area contributed by atoms with Crippen LogP contribution in [0.3, 0.4) is 0 Å². The number of hydrogen-bond donors (Lipinski definition) is 1. The van der Waals surface area contributed by atoms with Crippen molar-refractivity contribution in [2.75, 3.05) is 7.11 Å². The van der Waals surface area contributed by atoms with Crippen molar-refractivity contribution in [1.29, 1.82) is 0 Å². The third kappa shape index (κ3) is 2.01. The van der Waals surface area contributed by atoms with Gasteiger partial charge in [0.25, 0.3) is 0 Å². The highest BCUT2D eigenvalue weighted by atomic mass is 32.2. The van der Waals surface area contributed by atoms with Crippen molar-refractivity contribution < 1.29 is 13.2 Å².